The monoisotopic (exact) mass is 306 g/mol. The van der Waals surface area contributed by atoms with Crippen molar-refractivity contribution in [2.75, 3.05) is 26.2 Å². The summed E-state index contributed by atoms with van der Waals surface area (Å²) in [5, 5.41) is 3.96. The van der Waals surface area contributed by atoms with Crippen LogP contribution in [0, 0.1) is 12.8 Å². The first-order valence-electron chi connectivity index (χ1n) is 8.53. The number of rotatable bonds is 3. The molecule has 1 unspecified atom stereocenters. The van der Waals surface area contributed by atoms with Crippen LogP contribution in [0.5, 0.6) is 0 Å². The zero-order valence-electron chi connectivity index (χ0n) is 13.5. The number of nitrogens with zero attached hydrogens (tertiary/aromatic N) is 4. The lowest BCUT2D eigenvalue weighted by Crippen LogP contribution is -2.45. The van der Waals surface area contributed by atoms with Crippen LogP contribution < -0.4 is 0 Å². The van der Waals surface area contributed by atoms with E-state index in [0.29, 0.717) is 18.3 Å². The van der Waals surface area contributed by atoms with Gasteiger partial charge in [-0.1, -0.05) is 18.0 Å². The molecule has 0 spiro atoms. The first kappa shape index (κ1) is 15.5. The van der Waals surface area contributed by atoms with Crippen LogP contribution in [0.2, 0.25) is 0 Å². The Morgan fingerprint density at radius 2 is 1.95 bits per heavy atom. The van der Waals surface area contributed by atoms with Crippen molar-refractivity contribution in [1.29, 1.82) is 0 Å². The second-order valence-corrected chi connectivity index (χ2v) is 6.54. The maximum absolute atomic E-state index is 12.8. The van der Waals surface area contributed by atoms with E-state index in [1.807, 2.05) is 0 Å². The summed E-state index contributed by atoms with van der Waals surface area (Å²) in [6.45, 7) is 6.21. The van der Waals surface area contributed by atoms with Gasteiger partial charge in [-0.05, 0) is 32.2 Å². The second-order valence-electron chi connectivity index (χ2n) is 6.54. The van der Waals surface area contributed by atoms with Crippen molar-refractivity contribution >= 4 is 5.91 Å². The molecule has 122 valence electrons. The molecule has 6 heteroatoms. The highest BCUT2D eigenvalue weighted by Crippen LogP contribution is 2.22. The number of likely N-dealkylation sites (tertiary alicyclic amines) is 2. The SMILES string of the molecule is Cc1nc(CN2CCCC(C(=O)N3CCCCCC3)C2)no1. The fourth-order valence-electron chi connectivity index (χ4n) is 3.56. The topological polar surface area (TPSA) is 62.5 Å². The summed E-state index contributed by atoms with van der Waals surface area (Å²) in [6, 6.07) is 0. The van der Waals surface area contributed by atoms with Crippen LogP contribution in [0.25, 0.3) is 0 Å². The van der Waals surface area contributed by atoms with Gasteiger partial charge in [0.25, 0.3) is 0 Å². The first-order valence-corrected chi connectivity index (χ1v) is 8.53. The molecular formula is C16H26N4O2. The predicted octanol–water partition coefficient (Wildman–Crippen LogP) is 1.99. The number of carbonyl (C=O) groups is 1. The van der Waals surface area contributed by atoms with Gasteiger partial charge < -0.3 is 9.42 Å². The Morgan fingerprint density at radius 1 is 1.18 bits per heavy atom. The maximum Gasteiger partial charge on any atom is 0.226 e. The number of hydrogen-bond donors (Lipinski definition) is 0. The maximum atomic E-state index is 12.8. The van der Waals surface area contributed by atoms with Crippen LogP contribution in [0.15, 0.2) is 4.52 Å². The zero-order valence-corrected chi connectivity index (χ0v) is 13.5. The van der Waals surface area contributed by atoms with Crippen LogP contribution in [-0.4, -0.2) is 52.0 Å². The Morgan fingerprint density at radius 3 is 2.64 bits per heavy atom. The van der Waals surface area contributed by atoms with Gasteiger partial charge in [-0.2, -0.15) is 4.98 Å². The molecule has 0 radical (unpaired) electrons. The van der Waals surface area contributed by atoms with Gasteiger partial charge in [0.1, 0.15) is 0 Å². The molecule has 0 aliphatic carbocycles. The number of aromatic nitrogens is 2. The van der Waals surface area contributed by atoms with E-state index in [0.717, 1.165) is 57.7 Å². The molecular weight excluding hydrogens is 280 g/mol. The number of piperidine rings is 1. The summed E-state index contributed by atoms with van der Waals surface area (Å²) in [7, 11) is 0. The van der Waals surface area contributed by atoms with Gasteiger partial charge in [-0.3, -0.25) is 9.69 Å². The molecule has 0 bridgehead atoms. The van der Waals surface area contributed by atoms with E-state index in [1.165, 1.54) is 12.8 Å². The van der Waals surface area contributed by atoms with Crippen molar-refractivity contribution in [2.24, 2.45) is 5.92 Å². The predicted molar refractivity (Wildman–Crippen MR) is 82.1 cm³/mol. The van der Waals surface area contributed by atoms with E-state index in [1.54, 1.807) is 6.92 Å². The lowest BCUT2D eigenvalue weighted by Gasteiger charge is -2.34. The molecule has 1 amide bonds. The van der Waals surface area contributed by atoms with Gasteiger partial charge in [0.2, 0.25) is 11.8 Å². The molecule has 0 N–H and O–H groups in total. The molecule has 22 heavy (non-hydrogen) atoms. The van der Waals surface area contributed by atoms with Crippen molar-refractivity contribution in [1.82, 2.24) is 19.9 Å². The molecule has 2 aliphatic rings. The van der Waals surface area contributed by atoms with E-state index in [4.69, 9.17) is 4.52 Å². The highest BCUT2D eigenvalue weighted by molar-refractivity contribution is 5.79. The van der Waals surface area contributed by atoms with Gasteiger partial charge in [0.15, 0.2) is 5.82 Å². The summed E-state index contributed by atoms with van der Waals surface area (Å²) < 4.78 is 5.03. The minimum atomic E-state index is 0.139. The lowest BCUT2D eigenvalue weighted by atomic mass is 9.96. The van der Waals surface area contributed by atoms with E-state index < -0.39 is 0 Å². The van der Waals surface area contributed by atoms with Gasteiger partial charge in [0, 0.05) is 26.6 Å². The number of hydrogen-bond acceptors (Lipinski definition) is 5. The minimum Gasteiger partial charge on any atom is -0.342 e. The Bertz CT molecular complexity index is 494. The highest BCUT2D eigenvalue weighted by Gasteiger charge is 2.30. The van der Waals surface area contributed by atoms with Crippen molar-refractivity contribution in [3.63, 3.8) is 0 Å². The quantitative estimate of drug-likeness (QED) is 0.854. The van der Waals surface area contributed by atoms with Gasteiger partial charge in [-0.15, -0.1) is 0 Å². The summed E-state index contributed by atoms with van der Waals surface area (Å²) in [4.78, 5) is 21.4. The normalized spacial score (nSPS) is 24.2. The molecule has 3 rings (SSSR count). The highest BCUT2D eigenvalue weighted by atomic mass is 16.5. The lowest BCUT2D eigenvalue weighted by molar-refractivity contribution is -0.137. The van der Waals surface area contributed by atoms with Crippen molar-refractivity contribution in [3.8, 4) is 0 Å². The van der Waals surface area contributed by atoms with Crippen LogP contribution in [0.3, 0.4) is 0 Å². The Kier molecular flexibility index (Phi) is 5.08. The van der Waals surface area contributed by atoms with Crippen LogP contribution in [-0.2, 0) is 11.3 Å². The van der Waals surface area contributed by atoms with Gasteiger partial charge >= 0.3 is 0 Å². The summed E-state index contributed by atoms with van der Waals surface area (Å²) in [5.41, 5.74) is 0. The molecule has 0 saturated carbocycles. The minimum absolute atomic E-state index is 0.139. The van der Waals surface area contributed by atoms with E-state index >= 15 is 0 Å². The van der Waals surface area contributed by atoms with Crippen molar-refractivity contribution < 1.29 is 9.32 Å². The average molecular weight is 306 g/mol. The summed E-state index contributed by atoms with van der Waals surface area (Å²) >= 11 is 0. The number of carbonyl (C=O) groups excluding carboxylic acids is 1. The average Bonchev–Trinajstić information content (AvgIpc) is 2.78. The van der Waals surface area contributed by atoms with Crippen LogP contribution in [0.1, 0.15) is 50.2 Å². The van der Waals surface area contributed by atoms with Crippen LogP contribution >= 0.6 is 0 Å². The largest absolute Gasteiger partial charge is 0.342 e. The van der Waals surface area contributed by atoms with Gasteiger partial charge in [0.05, 0.1) is 12.5 Å². The molecule has 6 nitrogen and oxygen atoms in total. The first-order chi connectivity index (χ1) is 10.7. The fraction of sp³-hybridized carbons (Fsp3) is 0.812. The number of amides is 1. The van der Waals surface area contributed by atoms with Crippen molar-refractivity contribution in [3.05, 3.63) is 11.7 Å². The van der Waals surface area contributed by atoms with Crippen molar-refractivity contribution in [2.45, 2.75) is 52.0 Å². The molecule has 2 saturated heterocycles. The number of aryl methyl sites for hydroxylation is 1. The Hall–Kier alpha value is -1.43. The van der Waals surface area contributed by atoms with Crippen LogP contribution in [0.4, 0.5) is 0 Å². The van der Waals surface area contributed by atoms with E-state index in [-0.39, 0.29) is 5.92 Å². The molecule has 1 atom stereocenters. The summed E-state index contributed by atoms with van der Waals surface area (Å²) in [6.07, 6.45) is 6.92. The third-order valence-electron chi connectivity index (χ3n) is 4.71. The zero-order chi connectivity index (χ0) is 15.4. The molecule has 0 aromatic carbocycles. The molecule has 1 aromatic rings. The Labute approximate surface area is 131 Å². The Balaban J connectivity index is 1.56. The third-order valence-corrected chi connectivity index (χ3v) is 4.71. The molecule has 1 aromatic heterocycles. The van der Waals surface area contributed by atoms with E-state index in [9.17, 15) is 4.79 Å². The van der Waals surface area contributed by atoms with Gasteiger partial charge in [-0.25, -0.2) is 0 Å². The smallest absolute Gasteiger partial charge is 0.226 e. The molecule has 2 aliphatic heterocycles. The standard InChI is InChI=1S/C16H26N4O2/c1-13-17-15(18-22-13)12-19-8-6-7-14(11-19)16(21)20-9-4-2-3-5-10-20/h14H,2-12H2,1H3. The fourth-order valence-corrected chi connectivity index (χ4v) is 3.56. The molecule has 2 fully saturated rings. The molecule has 3 heterocycles. The third kappa shape index (κ3) is 3.85. The second kappa shape index (κ2) is 7.22. The van der Waals surface area contributed by atoms with E-state index in [2.05, 4.69) is 19.9 Å². The summed E-state index contributed by atoms with van der Waals surface area (Å²) in [5.74, 6) is 1.82.